The van der Waals surface area contributed by atoms with Crippen molar-refractivity contribution in [3.63, 3.8) is 0 Å². The predicted molar refractivity (Wildman–Crippen MR) is 71.8 cm³/mol. The Morgan fingerprint density at radius 1 is 1.44 bits per heavy atom. The maximum Gasteiger partial charge on any atom is 0.270 e. The lowest BCUT2D eigenvalue weighted by atomic mass is 10.3. The van der Waals surface area contributed by atoms with Gasteiger partial charge in [-0.3, -0.25) is 4.79 Å². The quantitative estimate of drug-likeness (QED) is 0.773. The molecule has 2 N–H and O–H groups in total. The number of carbonyl (C=O) groups is 1. The number of hydrogen-bond acceptors (Lipinski definition) is 4. The SMILES string of the molecule is CCNc1cccc(C(=O)NC(C)COCC)n1. The van der Waals surface area contributed by atoms with Gasteiger partial charge in [0.15, 0.2) is 0 Å². The first kappa shape index (κ1) is 14.4. The molecule has 5 nitrogen and oxygen atoms in total. The van der Waals surface area contributed by atoms with Gasteiger partial charge >= 0.3 is 0 Å². The molecular formula is C13H21N3O2. The minimum absolute atomic E-state index is 0.0259. The second kappa shape index (κ2) is 7.66. The third-order valence-corrected chi connectivity index (χ3v) is 2.29. The molecule has 1 aromatic rings. The third kappa shape index (κ3) is 4.71. The average Bonchev–Trinajstić information content (AvgIpc) is 2.37. The van der Waals surface area contributed by atoms with Crippen LogP contribution in [-0.4, -0.2) is 36.7 Å². The van der Waals surface area contributed by atoms with E-state index in [9.17, 15) is 4.79 Å². The molecule has 0 aromatic carbocycles. The van der Waals surface area contributed by atoms with E-state index in [1.54, 1.807) is 6.07 Å². The van der Waals surface area contributed by atoms with E-state index >= 15 is 0 Å². The van der Waals surface area contributed by atoms with Crippen molar-refractivity contribution >= 4 is 11.7 Å². The van der Waals surface area contributed by atoms with Crippen LogP contribution in [0.15, 0.2) is 18.2 Å². The highest BCUT2D eigenvalue weighted by atomic mass is 16.5. The fourth-order valence-electron chi connectivity index (χ4n) is 1.47. The van der Waals surface area contributed by atoms with E-state index in [0.717, 1.165) is 6.54 Å². The van der Waals surface area contributed by atoms with Gasteiger partial charge in [0.25, 0.3) is 5.91 Å². The summed E-state index contributed by atoms with van der Waals surface area (Å²) in [7, 11) is 0. The lowest BCUT2D eigenvalue weighted by molar-refractivity contribution is 0.0867. The summed E-state index contributed by atoms with van der Waals surface area (Å²) in [4.78, 5) is 16.1. The summed E-state index contributed by atoms with van der Waals surface area (Å²) in [6.07, 6.45) is 0. The van der Waals surface area contributed by atoms with Crippen LogP contribution in [0.2, 0.25) is 0 Å². The molecule has 1 rings (SSSR count). The first-order valence-electron chi connectivity index (χ1n) is 6.26. The van der Waals surface area contributed by atoms with Gasteiger partial charge in [0.2, 0.25) is 0 Å². The number of nitrogens with one attached hydrogen (secondary N) is 2. The molecule has 1 heterocycles. The summed E-state index contributed by atoms with van der Waals surface area (Å²) in [6, 6.07) is 5.32. The Morgan fingerprint density at radius 2 is 2.22 bits per heavy atom. The standard InChI is InChI=1S/C13H21N3O2/c1-4-14-12-8-6-7-11(16-12)13(17)15-10(3)9-18-5-2/h6-8,10H,4-5,9H2,1-3H3,(H,14,16)(H,15,17). The van der Waals surface area contributed by atoms with Crippen molar-refractivity contribution in [1.82, 2.24) is 10.3 Å². The number of hydrogen-bond donors (Lipinski definition) is 2. The maximum absolute atomic E-state index is 11.9. The van der Waals surface area contributed by atoms with Crippen LogP contribution in [0.3, 0.4) is 0 Å². The first-order valence-corrected chi connectivity index (χ1v) is 6.26. The summed E-state index contributed by atoms with van der Waals surface area (Å²) in [6.45, 7) is 7.75. The molecule has 18 heavy (non-hydrogen) atoms. The van der Waals surface area contributed by atoms with Gasteiger partial charge in [0.1, 0.15) is 11.5 Å². The van der Waals surface area contributed by atoms with Crippen molar-refractivity contribution in [2.75, 3.05) is 25.1 Å². The monoisotopic (exact) mass is 251 g/mol. The van der Waals surface area contributed by atoms with Crippen LogP contribution < -0.4 is 10.6 Å². The van der Waals surface area contributed by atoms with Crippen molar-refractivity contribution in [2.45, 2.75) is 26.8 Å². The van der Waals surface area contributed by atoms with Gasteiger partial charge in [-0.05, 0) is 32.9 Å². The molecule has 0 aliphatic carbocycles. The molecule has 0 radical (unpaired) electrons. The van der Waals surface area contributed by atoms with Crippen molar-refractivity contribution in [3.8, 4) is 0 Å². The van der Waals surface area contributed by atoms with Gasteiger partial charge < -0.3 is 15.4 Å². The minimum atomic E-state index is -0.179. The number of amides is 1. The first-order chi connectivity index (χ1) is 8.67. The molecule has 0 saturated heterocycles. The largest absolute Gasteiger partial charge is 0.380 e. The van der Waals surface area contributed by atoms with Crippen LogP contribution in [0.25, 0.3) is 0 Å². The van der Waals surface area contributed by atoms with Gasteiger partial charge in [0, 0.05) is 19.2 Å². The highest BCUT2D eigenvalue weighted by Crippen LogP contribution is 2.04. The molecule has 1 amide bonds. The molecule has 5 heteroatoms. The Hall–Kier alpha value is -1.62. The van der Waals surface area contributed by atoms with E-state index in [-0.39, 0.29) is 11.9 Å². The molecule has 1 atom stereocenters. The van der Waals surface area contributed by atoms with Crippen LogP contribution in [-0.2, 0) is 4.74 Å². The Morgan fingerprint density at radius 3 is 2.89 bits per heavy atom. The Labute approximate surface area is 108 Å². The normalized spacial score (nSPS) is 11.9. The summed E-state index contributed by atoms with van der Waals surface area (Å²) >= 11 is 0. The Kier molecular flexibility index (Phi) is 6.14. The van der Waals surface area contributed by atoms with Crippen LogP contribution >= 0.6 is 0 Å². The van der Waals surface area contributed by atoms with E-state index in [1.165, 1.54) is 0 Å². The van der Waals surface area contributed by atoms with Gasteiger partial charge in [-0.25, -0.2) is 4.98 Å². The number of rotatable bonds is 7. The Balaban J connectivity index is 2.57. The second-order valence-corrected chi connectivity index (χ2v) is 3.97. The molecule has 0 saturated carbocycles. The van der Waals surface area contributed by atoms with Gasteiger partial charge in [0.05, 0.1) is 6.61 Å². The van der Waals surface area contributed by atoms with Crippen molar-refractivity contribution < 1.29 is 9.53 Å². The molecule has 0 spiro atoms. The van der Waals surface area contributed by atoms with Gasteiger partial charge in [-0.2, -0.15) is 0 Å². The van der Waals surface area contributed by atoms with E-state index in [0.29, 0.717) is 24.7 Å². The number of nitrogens with zero attached hydrogens (tertiary/aromatic N) is 1. The van der Waals surface area contributed by atoms with Crippen LogP contribution in [0.5, 0.6) is 0 Å². The number of aromatic nitrogens is 1. The summed E-state index contributed by atoms with van der Waals surface area (Å²) in [5, 5.41) is 5.92. The van der Waals surface area contributed by atoms with E-state index < -0.39 is 0 Å². The molecule has 0 aliphatic heterocycles. The molecule has 1 unspecified atom stereocenters. The zero-order valence-corrected chi connectivity index (χ0v) is 11.2. The van der Waals surface area contributed by atoms with Crippen LogP contribution in [0.1, 0.15) is 31.3 Å². The lowest BCUT2D eigenvalue weighted by Crippen LogP contribution is -2.36. The maximum atomic E-state index is 11.9. The third-order valence-electron chi connectivity index (χ3n) is 2.29. The van der Waals surface area contributed by atoms with Crippen molar-refractivity contribution in [3.05, 3.63) is 23.9 Å². The smallest absolute Gasteiger partial charge is 0.270 e. The van der Waals surface area contributed by atoms with Gasteiger partial charge in [-0.15, -0.1) is 0 Å². The fraction of sp³-hybridized carbons (Fsp3) is 0.538. The second-order valence-electron chi connectivity index (χ2n) is 3.97. The highest BCUT2D eigenvalue weighted by Gasteiger charge is 2.11. The number of anilines is 1. The Bertz CT molecular complexity index is 382. The number of carbonyl (C=O) groups excluding carboxylic acids is 1. The van der Waals surface area contributed by atoms with E-state index in [4.69, 9.17) is 4.74 Å². The van der Waals surface area contributed by atoms with Gasteiger partial charge in [-0.1, -0.05) is 6.07 Å². The van der Waals surface area contributed by atoms with Crippen molar-refractivity contribution in [1.29, 1.82) is 0 Å². The highest BCUT2D eigenvalue weighted by molar-refractivity contribution is 5.92. The molecule has 0 fully saturated rings. The topological polar surface area (TPSA) is 63.2 Å². The molecule has 100 valence electrons. The van der Waals surface area contributed by atoms with Crippen LogP contribution in [0.4, 0.5) is 5.82 Å². The molecular weight excluding hydrogens is 230 g/mol. The fourth-order valence-corrected chi connectivity index (χ4v) is 1.47. The molecule has 1 aromatic heterocycles. The van der Waals surface area contributed by atoms with E-state index in [1.807, 2.05) is 32.9 Å². The minimum Gasteiger partial charge on any atom is -0.380 e. The zero-order chi connectivity index (χ0) is 13.4. The van der Waals surface area contributed by atoms with E-state index in [2.05, 4.69) is 15.6 Å². The zero-order valence-electron chi connectivity index (χ0n) is 11.2. The summed E-state index contributed by atoms with van der Waals surface area (Å²) in [5.74, 6) is 0.532. The number of pyridine rings is 1. The molecule has 0 bridgehead atoms. The van der Waals surface area contributed by atoms with Crippen LogP contribution in [0, 0.1) is 0 Å². The molecule has 0 aliphatic rings. The number of ether oxygens (including phenoxy) is 1. The predicted octanol–water partition coefficient (Wildman–Crippen LogP) is 1.67. The average molecular weight is 251 g/mol. The summed E-state index contributed by atoms with van der Waals surface area (Å²) < 4.78 is 5.25. The summed E-state index contributed by atoms with van der Waals surface area (Å²) in [5.41, 5.74) is 0.414. The lowest BCUT2D eigenvalue weighted by Gasteiger charge is -2.13. The van der Waals surface area contributed by atoms with Crippen molar-refractivity contribution in [2.24, 2.45) is 0 Å².